The molecule has 0 spiro atoms. The van der Waals surface area contributed by atoms with Crippen molar-refractivity contribution >= 4 is 15.9 Å². The number of halogens is 4. The molecule has 2 rings (SSSR count). The van der Waals surface area contributed by atoms with Crippen LogP contribution in [-0.4, -0.2) is 0 Å². The van der Waals surface area contributed by atoms with Crippen molar-refractivity contribution in [2.45, 2.75) is 18.4 Å². The summed E-state index contributed by atoms with van der Waals surface area (Å²) >= 11 is 2.81. The minimum absolute atomic E-state index is 0.0447. The second kappa shape index (κ2) is 2.97. The van der Waals surface area contributed by atoms with Crippen molar-refractivity contribution in [2.75, 3.05) is 0 Å². The molecule has 0 aliphatic heterocycles. The van der Waals surface area contributed by atoms with Crippen molar-refractivity contribution in [3.63, 3.8) is 0 Å². The van der Waals surface area contributed by atoms with Crippen molar-refractivity contribution in [3.05, 3.63) is 33.6 Å². The van der Waals surface area contributed by atoms with Crippen LogP contribution in [0, 0.1) is 17.5 Å². The number of hydrogen-bond acceptors (Lipinski definition) is 1. The minimum atomic E-state index is -1.47. The van der Waals surface area contributed by atoms with Gasteiger partial charge < -0.3 is 5.73 Å². The van der Waals surface area contributed by atoms with Crippen LogP contribution < -0.4 is 5.73 Å². The van der Waals surface area contributed by atoms with Crippen LogP contribution in [0.4, 0.5) is 13.2 Å². The van der Waals surface area contributed by atoms with Crippen LogP contribution >= 0.6 is 15.9 Å². The average Bonchev–Trinajstić information content (AvgIpc) is 2.87. The second-order valence-corrected chi connectivity index (χ2v) is 4.36. The SMILES string of the molecule is NC1(c2cc(Br)c(F)c(F)c2F)CC1. The highest BCUT2D eigenvalue weighted by molar-refractivity contribution is 9.10. The van der Waals surface area contributed by atoms with Crippen LogP contribution in [0.15, 0.2) is 10.5 Å². The molecular weight excluding hydrogens is 259 g/mol. The summed E-state index contributed by atoms with van der Waals surface area (Å²) in [4.78, 5) is 0. The van der Waals surface area contributed by atoms with E-state index in [4.69, 9.17) is 5.73 Å². The predicted octanol–water partition coefficient (Wildman–Crippen LogP) is 2.81. The number of nitrogens with two attached hydrogens (primary N) is 1. The maximum Gasteiger partial charge on any atom is 0.195 e. The summed E-state index contributed by atoms with van der Waals surface area (Å²) in [5.41, 5.74) is 4.95. The highest BCUT2D eigenvalue weighted by atomic mass is 79.9. The van der Waals surface area contributed by atoms with Gasteiger partial charge in [0.05, 0.1) is 4.47 Å². The lowest BCUT2D eigenvalue weighted by Gasteiger charge is -2.12. The van der Waals surface area contributed by atoms with Gasteiger partial charge in [-0.05, 0) is 34.8 Å². The Kier molecular flexibility index (Phi) is 2.12. The Morgan fingerprint density at radius 1 is 1.14 bits per heavy atom. The van der Waals surface area contributed by atoms with Gasteiger partial charge in [-0.25, -0.2) is 13.2 Å². The Labute approximate surface area is 87.2 Å². The highest BCUT2D eigenvalue weighted by Gasteiger charge is 2.43. The summed E-state index contributed by atoms with van der Waals surface area (Å²) in [7, 11) is 0. The predicted molar refractivity (Wildman–Crippen MR) is 49.1 cm³/mol. The van der Waals surface area contributed by atoms with Gasteiger partial charge in [0.25, 0.3) is 0 Å². The van der Waals surface area contributed by atoms with Gasteiger partial charge in [0.2, 0.25) is 0 Å². The van der Waals surface area contributed by atoms with E-state index in [1.165, 1.54) is 6.07 Å². The third-order valence-electron chi connectivity index (χ3n) is 2.43. The summed E-state index contributed by atoms with van der Waals surface area (Å²) < 4.78 is 39.0. The van der Waals surface area contributed by atoms with E-state index in [1.54, 1.807) is 0 Å². The number of hydrogen-bond donors (Lipinski definition) is 1. The molecule has 2 N–H and O–H groups in total. The molecule has 1 aromatic carbocycles. The van der Waals surface area contributed by atoms with E-state index in [-0.39, 0.29) is 10.0 Å². The van der Waals surface area contributed by atoms with Crippen LogP contribution in [0.3, 0.4) is 0 Å². The molecule has 5 heteroatoms. The van der Waals surface area contributed by atoms with Gasteiger partial charge in [-0.2, -0.15) is 0 Å². The van der Waals surface area contributed by atoms with E-state index >= 15 is 0 Å². The Hall–Kier alpha value is -0.550. The van der Waals surface area contributed by atoms with Gasteiger partial charge >= 0.3 is 0 Å². The number of rotatable bonds is 1. The zero-order chi connectivity index (χ0) is 10.5. The van der Waals surface area contributed by atoms with Gasteiger partial charge in [-0.3, -0.25) is 0 Å². The molecule has 14 heavy (non-hydrogen) atoms. The molecular formula is C9H7BrF3N. The zero-order valence-electron chi connectivity index (χ0n) is 7.08. The quantitative estimate of drug-likeness (QED) is 0.613. The molecule has 0 amide bonds. The summed E-state index contributed by atoms with van der Waals surface area (Å²) in [5.74, 6) is -3.85. The van der Waals surface area contributed by atoms with E-state index in [9.17, 15) is 13.2 Å². The molecule has 76 valence electrons. The lowest BCUT2D eigenvalue weighted by atomic mass is 10.0. The molecule has 1 fully saturated rings. The minimum Gasteiger partial charge on any atom is -0.321 e. The zero-order valence-corrected chi connectivity index (χ0v) is 8.67. The summed E-state index contributed by atoms with van der Waals surface area (Å²) in [6.07, 6.45) is 1.20. The third kappa shape index (κ3) is 1.35. The van der Waals surface area contributed by atoms with E-state index in [0.29, 0.717) is 12.8 Å². The van der Waals surface area contributed by atoms with Crippen molar-refractivity contribution < 1.29 is 13.2 Å². The maximum atomic E-state index is 13.3. The van der Waals surface area contributed by atoms with Crippen LogP contribution in [0.1, 0.15) is 18.4 Å². The van der Waals surface area contributed by atoms with Crippen molar-refractivity contribution in [1.82, 2.24) is 0 Å². The van der Waals surface area contributed by atoms with Crippen molar-refractivity contribution in [3.8, 4) is 0 Å². The monoisotopic (exact) mass is 265 g/mol. The Balaban J connectivity index is 2.62. The fraction of sp³-hybridized carbons (Fsp3) is 0.333. The van der Waals surface area contributed by atoms with Gasteiger partial charge in [0.15, 0.2) is 17.5 Å². The first-order chi connectivity index (χ1) is 6.46. The van der Waals surface area contributed by atoms with Crippen LogP contribution in [-0.2, 0) is 5.54 Å². The van der Waals surface area contributed by atoms with Gasteiger partial charge in [0, 0.05) is 11.1 Å². The smallest absolute Gasteiger partial charge is 0.195 e. The molecule has 1 saturated carbocycles. The highest BCUT2D eigenvalue weighted by Crippen LogP contribution is 2.45. The lowest BCUT2D eigenvalue weighted by molar-refractivity contribution is 0.431. The first kappa shape index (κ1) is 9.98. The summed E-state index contributed by atoms with van der Waals surface area (Å²) in [5, 5.41) is 0. The third-order valence-corrected chi connectivity index (χ3v) is 3.00. The van der Waals surface area contributed by atoms with E-state index < -0.39 is 23.0 Å². The molecule has 1 aliphatic carbocycles. The molecule has 0 bridgehead atoms. The van der Waals surface area contributed by atoms with E-state index in [1.807, 2.05) is 0 Å². The van der Waals surface area contributed by atoms with Crippen LogP contribution in [0.2, 0.25) is 0 Å². The van der Waals surface area contributed by atoms with Crippen molar-refractivity contribution in [2.24, 2.45) is 5.73 Å². The van der Waals surface area contributed by atoms with Gasteiger partial charge in [0.1, 0.15) is 0 Å². The number of benzene rings is 1. The van der Waals surface area contributed by atoms with E-state index in [0.717, 1.165) is 0 Å². The molecule has 0 heterocycles. The summed E-state index contributed by atoms with van der Waals surface area (Å²) in [6, 6.07) is 1.21. The fourth-order valence-corrected chi connectivity index (χ4v) is 1.74. The molecule has 1 aliphatic rings. The average molecular weight is 266 g/mol. The topological polar surface area (TPSA) is 26.0 Å². The first-order valence-corrected chi connectivity index (χ1v) is 4.87. The van der Waals surface area contributed by atoms with Crippen molar-refractivity contribution in [1.29, 1.82) is 0 Å². The maximum absolute atomic E-state index is 13.3. The van der Waals surface area contributed by atoms with E-state index in [2.05, 4.69) is 15.9 Å². The molecule has 0 aromatic heterocycles. The molecule has 1 aromatic rings. The van der Waals surface area contributed by atoms with Gasteiger partial charge in [-0.1, -0.05) is 0 Å². The molecule has 1 nitrogen and oxygen atoms in total. The normalized spacial score (nSPS) is 18.4. The summed E-state index contributed by atoms with van der Waals surface area (Å²) in [6.45, 7) is 0. The Morgan fingerprint density at radius 3 is 2.21 bits per heavy atom. The Bertz CT molecular complexity index is 402. The first-order valence-electron chi connectivity index (χ1n) is 4.08. The van der Waals surface area contributed by atoms with Gasteiger partial charge in [-0.15, -0.1) is 0 Å². The lowest BCUT2D eigenvalue weighted by Crippen LogP contribution is -2.21. The largest absolute Gasteiger partial charge is 0.321 e. The van der Waals surface area contributed by atoms with Crippen LogP contribution in [0.25, 0.3) is 0 Å². The van der Waals surface area contributed by atoms with Crippen LogP contribution in [0.5, 0.6) is 0 Å². The molecule has 0 radical (unpaired) electrons. The molecule has 0 saturated heterocycles. The molecule has 0 atom stereocenters. The molecule has 0 unspecified atom stereocenters. The second-order valence-electron chi connectivity index (χ2n) is 3.50. The fourth-order valence-electron chi connectivity index (χ4n) is 1.34. The standard InChI is InChI=1S/C9H7BrF3N/c10-5-3-4(9(14)1-2-9)6(11)8(13)7(5)12/h3H,1-2,14H2. The Morgan fingerprint density at radius 2 is 1.71 bits per heavy atom.